The fourth-order valence-corrected chi connectivity index (χ4v) is 2.36. The molecule has 7 heteroatoms. The van der Waals surface area contributed by atoms with Gasteiger partial charge >= 0.3 is 5.97 Å². The van der Waals surface area contributed by atoms with Crippen LogP contribution in [0.1, 0.15) is 24.2 Å². The summed E-state index contributed by atoms with van der Waals surface area (Å²) in [5, 5.41) is 11.2. The molecule has 6 nitrogen and oxygen atoms in total. The van der Waals surface area contributed by atoms with Gasteiger partial charge in [0.05, 0.1) is 16.6 Å². The van der Waals surface area contributed by atoms with E-state index in [0.29, 0.717) is 0 Å². The highest BCUT2D eigenvalue weighted by Gasteiger charge is 2.16. The van der Waals surface area contributed by atoms with Crippen molar-refractivity contribution >= 4 is 21.7 Å². The van der Waals surface area contributed by atoms with Crippen LogP contribution in [0.25, 0.3) is 0 Å². The maximum Gasteiger partial charge on any atom is 0.308 e. The second kappa shape index (κ2) is 6.51. The molecule has 20 heavy (non-hydrogen) atoms. The highest BCUT2D eigenvalue weighted by Crippen LogP contribution is 2.13. The van der Waals surface area contributed by atoms with Gasteiger partial charge in [0.1, 0.15) is 0 Å². The number of nitrogens with one attached hydrogen (secondary N) is 1. The Balaban J connectivity index is 2.85. The molecule has 0 bridgehead atoms. The Labute approximate surface area is 117 Å². The standard InChI is InChI=1S/C13H17NO5S/c1-3-20(18,19)11-6-4-5-10(7-11)12(15)14-8-9(2)13(16)17/h4-7,9H,3,8H2,1-2H3,(H,14,15)(H,16,17). The van der Waals surface area contributed by atoms with Crippen LogP contribution in [0.3, 0.4) is 0 Å². The maximum atomic E-state index is 11.8. The van der Waals surface area contributed by atoms with E-state index >= 15 is 0 Å². The summed E-state index contributed by atoms with van der Waals surface area (Å²) in [5.74, 6) is -2.26. The van der Waals surface area contributed by atoms with Crippen LogP contribution in [0.4, 0.5) is 0 Å². The Morgan fingerprint density at radius 2 is 2.00 bits per heavy atom. The van der Waals surface area contributed by atoms with Gasteiger partial charge in [0, 0.05) is 12.1 Å². The third-order valence-electron chi connectivity index (χ3n) is 2.83. The van der Waals surface area contributed by atoms with Crippen LogP contribution in [-0.2, 0) is 14.6 Å². The maximum absolute atomic E-state index is 11.8. The fourth-order valence-electron chi connectivity index (χ4n) is 1.43. The van der Waals surface area contributed by atoms with Crippen LogP contribution in [0, 0.1) is 5.92 Å². The summed E-state index contributed by atoms with van der Waals surface area (Å²) in [6.45, 7) is 2.98. The molecule has 1 atom stereocenters. The number of rotatable bonds is 6. The van der Waals surface area contributed by atoms with E-state index in [4.69, 9.17) is 5.11 Å². The van der Waals surface area contributed by atoms with E-state index in [9.17, 15) is 18.0 Å². The number of hydrogen-bond donors (Lipinski definition) is 2. The molecule has 1 unspecified atom stereocenters. The van der Waals surface area contributed by atoms with Crippen molar-refractivity contribution in [2.75, 3.05) is 12.3 Å². The smallest absolute Gasteiger partial charge is 0.308 e. The number of carboxylic acids is 1. The molecule has 0 aliphatic heterocycles. The summed E-state index contributed by atoms with van der Waals surface area (Å²) in [7, 11) is -3.37. The van der Waals surface area contributed by atoms with Crippen molar-refractivity contribution in [2.45, 2.75) is 18.7 Å². The molecule has 0 saturated heterocycles. The quantitative estimate of drug-likeness (QED) is 0.814. The zero-order chi connectivity index (χ0) is 15.3. The van der Waals surface area contributed by atoms with Gasteiger partial charge in [0.2, 0.25) is 0 Å². The van der Waals surface area contributed by atoms with Crippen molar-refractivity contribution < 1.29 is 23.1 Å². The van der Waals surface area contributed by atoms with Gasteiger partial charge < -0.3 is 10.4 Å². The Hall–Kier alpha value is -1.89. The van der Waals surface area contributed by atoms with Gasteiger partial charge in [-0.15, -0.1) is 0 Å². The fraction of sp³-hybridized carbons (Fsp3) is 0.385. The lowest BCUT2D eigenvalue weighted by molar-refractivity contribution is -0.140. The minimum absolute atomic E-state index is 0.0150. The van der Waals surface area contributed by atoms with Gasteiger partial charge in [-0.05, 0) is 18.2 Å². The van der Waals surface area contributed by atoms with Crippen molar-refractivity contribution in [2.24, 2.45) is 5.92 Å². The summed E-state index contributed by atoms with van der Waals surface area (Å²) in [5.41, 5.74) is 0.192. The number of sulfone groups is 1. The molecule has 1 aromatic carbocycles. The Kier molecular flexibility index (Phi) is 5.26. The summed E-state index contributed by atoms with van der Waals surface area (Å²) < 4.78 is 23.4. The van der Waals surface area contributed by atoms with Crippen molar-refractivity contribution in [3.63, 3.8) is 0 Å². The van der Waals surface area contributed by atoms with Crippen LogP contribution in [0.2, 0.25) is 0 Å². The minimum atomic E-state index is -3.37. The molecule has 0 radical (unpaired) electrons. The van der Waals surface area contributed by atoms with Gasteiger partial charge in [-0.2, -0.15) is 0 Å². The first kappa shape index (κ1) is 16.2. The second-order valence-corrected chi connectivity index (χ2v) is 6.66. The van der Waals surface area contributed by atoms with Crippen LogP contribution < -0.4 is 5.32 Å². The monoisotopic (exact) mass is 299 g/mol. The topological polar surface area (TPSA) is 101 Å². The number of aliphatic carboxylic acids is 1. The largest absolute Gasteiger partial charge is 0.481 e. The molecule has 0 saturated carbocycles. The van der Waals surface area contributed by atoms with E-state index in [1.54, 1.807) is 0 Å². The zero-order valence-corrected chi connectivity index (χ0v) is 12.1. The SMILES string of the molecule is CCS(=O)(=O)c1cccc(C(=O)NCC(C)C(=O)O)c1. The van der Waals surface area contributed by atoms with E-state index in [1.807, 2.05) is 0 Å². The highest BCUT2D eigenvalue weighted by atomic mass is 32.2. The lowest BCUT2D eigenvalue weighted by atomic mass is 10.1. The zero-order valence-electron chi connectivity index (χ0n) is 11.3. The molecule has 0 aromatic heterocycles. The Morgan fingerprint density at radius 3 is 2.55 bits per heavy atom. The van der Waals surface area contributed by atoms with Gasteiger partial charge in [-0.3, -0.25) is 9.59 Å². The first-order chi connectivity index (χ1) is 9.27. The average Bonchev–Trinajstić information content (AvgIpc) is 2.44. The van der Waals surface area contributed by atoms with Gasteiger partial charge in [0.25, 0.3) is 5.91 Å². The number of amides is 1. The molecule has 1 rings (SSSR count). The van der Waals surface area contributed by atoms with E-state index in [2.05, 4.69) is 5.32 Å². The summed E-state index contributed by atoms with van der Waals surface area (Å²) in [4.78, 5) is 22.6. The molecule has 0 spiro atoms. The van der Waals surface area contributed by atoms with Gasteiger partial charge in [-0.25, -0.2) is 8.42 Å². The number of benzene rings is 1. The van der Waals surface area contributed by atoms with E-state index in [-0.39, 0.29) is 22.8 Å². The Bertz CT molecular complexity index is 609. The first-order valence-electron chi connectivity index (χ1n) is 6.11. The summed E-state index contributed by atoms with van der Waals surface area (Å²) in [6.07, 6.45) is 0. The lowest BCUT2D eigenvalue weighted by Crippen LogP contribution is -2.31. The lowest BCUT2D eigenvalue weighted by Gasteiger charge is -2.09. The summed E-state index contributed by atoms with van der Waals surface area (Å²) in [6, 6.07) is 5.68. The third kappa shape index (κ3) is 4.06. The molecule has 1 amide bonds. The molecule has 2 N–H and O–H groups in total. The van der Waals surface area contributed by atoms with Crippen molar-refractivity contribution in [1.82, 2.24) is 5.32 Å². The molecule has 110 valence electrons. The molecule has 0 heterocycles. The molecule has 0 aliphatic carbocycles. The molecule has 0 fully saturated rings. The summed E-state index contributed by atoms with van der Waals surface area (Å²) >= 11 is 0. The third-order valence-corrected chi connectivity index (χ3v) is 4.56. The van der Waals surface area contributed by atoms with E-state index in [1.165, 1.54) is 38.1 Å². The van der Waals surface area contributed by atoms with E-state index in [0.717, 1.165) is 0 Å². The van der Waals surface area contributed by atoms with E-state index < -0.39 is 27.6 Å². The van der Waals surface area contributed by atoms with Crippen molar-refractivity contribution in [1.29, 1.82) is 0 Å². The normalized spacial score (nSPS) is 12.7. The van der Waals surface area contributed by atoms with Crippen molar-refractivity contribution in [3.05, 3.63) is 29.8 Å². The van der Waals surface area contributed by atoms with Crippen molar-refractivity contribution in [3.8, 4) is 0 Å². The Morgan fingerprint density at radius 1 is 1.35 bits per heavy atom. The highest BCUT2D eigenvalue weighted by molar-refractivity contribution is 7.91. The number of carbonyl (C=O) groups is 2. The van der Waals surface area contributed by atoms with Crippen LogP contribution >= 0.6 is 0 Å². The number of carboxylic acid groups (broad SMARTS) is 1. The molecular weight excluding hydrogens is 282 g/mol. The van der Waals surface area contributed by atoms with Crippen LogP contribution in [0.5, 0.6) is 0 Å². The van der Waals surface area contributed by atoms with Crippen LogP contribution in [0.15, 0.2) is 29.2 Å². The number of carbonyl (C=O) groups excluding carboxylic acids is 1. The predicted octanol–water partition coefficient (Wildman–Crippen LogP) is 0.931. The first-order valence-corrected chi connectivity index (χ1v) is 7.77. The number of hydrogen-bond acceptors (Lipinski definition) is 4. The van der Waals surface area contributed by atoms with Gasteiger partial charge in [-0.1, -0.05) is 19.9 Å². The molecule has 1 aromatic rings. The average molecular weight is 299 g/mol. The second-order valence-electron chi connectivity index (χ2n) is 4.38. The predicted molar refractivity (Wildman–Crippen MR) is 73.3 cm³/mol. The minimum Gasteiger partial charge on any atom is -0.481 e. The van der Waals surface area contributed by atoms with Gasteiger partial charge in [0.15, 0.2) is 9.84 Å². The molecular formula is C13H17NO5S. The molecule has 0 aliphatic rings. The van der Waals surface area contributed by atoms with Crippen LogP contribution in [-0.4, -0.2) is 37.7 Å².